The highest BCUT2D eigenvalue weighted by Gasteiger charge is 2.02. The minimum atomic E-state index is -0.0618. The first kappa shape index (κ1) is 19.1. The number of ether oxygens (including phenoxy) is 2. The SMILES string of the molecule is CCCOCCCCOCCCNC(=O)CCC(C)=O. The molecule has 5 heteroatoms. The van der Waals surface area contributed by atoms with E-state index in [9.17, 15) is 9.59 Å². The average molecular weight is 287 g/mol. The van der Waals surface area contributed by atoms with Gasteiger partial charge in [-0.2, -0.15) is 0 Å². The number of ketones is 1. The van der Waals surface area contributed by atoms with Gasteiger partial charge in [-0.15, -0.1) is 0 Å². The van der Waals surface area contributed by atoms with E-state index >= 15 is 0 Å². The van der Waals surface area contributed by atoms with Crippen LogP contribution in [0.1, 0.15) is 52.4 Å². The van der Waals surface area contributed by atoms with Crippen LogP contribution in [-0.4, -0.2) is 44.7 Å². The average Bonchev–Trinajstić information content (AvgIpc) is 2.42. The van der Waals surface area contributed by atoms with E-state index in [4.69, 9.17) is 9.47 Å². The van der Waals surface area contributed by atoms with E-state index in [-0.39, 0.29) is 18.1 Å². The van der Waals surface area contributed by atoms with Gasteiger partial charge < -0.3 is 19.6 Å². The maximum absolute atomic E-state index is 11.3. The minimum absolute atomic E-state index is 0.0476. The number of amides is 1. The smallest absolute Gasteiger partial charge is 0.220 e. The second-order valence-corrected chi connectivity index (χ2v) is 4.84. The molecule has 0 atom stereocenters. The fourth-order valence-electron chi connectivity index (χ4n) is 1.54. The van der Waals surface area contributed by atoms with Gasteiger partial charge in [0.15, 0.2) is 0 Å². The van der Waals surface area contributed by atoms with E-state index < -0.39 is 0 Å². The van der Waals surface area contributed by atoms with Crippen molar-refractivity contribution >= 4 is 11.7 Å². The minimum Gasteiger partial charge on any atom is -0.381 e. The number of carbonyl (C=O) groups excluding carboxylic acids is 2. The molecule has 0 saturated carbocycles. The van der Waals surface area contributed by atoms with Crippen LogP contribution in [0.5, 0.6) is 0 Å². The zero-order valence-corrected chi connectivity index (χ0v) is 12.9. The molecule has 0 bridgehead atoms. The highest BCUT2D eigenvalue weighted by Crippen LogP contribution is 1.94. The lowest BCUT2D eigenvalue weighted by Gasteiger charge is -2.06. The summed E-state index contributed by atoms with van der Waals surface area (Å²) in [6, 6.07) is 0. The molecule has 0 aliphatic rings. The van der Waals surface area contributed by atoms with Gasteiger partial charge in [0.2, 0.25) is 5.91 Å². The molecule has 0 saturated heterocycles. The van der Waals surface area contributed by atoms with Crippen LogP contribution < -0.4 is 5.32 Å². The van der Waals surface area contributed by atoms with Gasteiger partial charge in [0.1, 0.15) is 5.78 Å². The summed E-state index contributed by atoms with van der Waals surface area (Å²) >= 11 is 0. The predicted molar refractivity (Wildman–Crippen MR) is 78.7 cm³/mol. The number of rotatable bonds is 14. The summed E-state index contributed by atoms with van der Waals surface area (Å²) in [6.07, 6.45) is 4.51. The largest absolute Gasteiger partial charge is 0.381 e. The molecule has 0 unspecified atom stereocenters. The third-order valence-corrected chi connectivity index (χ3v) is 2.67. The standard InChI is InChI=1S/C15H29NO4/c1-3-10-19-11-4-5-12-20-13-6-9-16-15(18)8-7-14(2)17/h3-13H2,1-2H3,(H,16,18). The molecule has 118 valence electrons. The Balaban J connectivity index is 3.12. The van der Waals surface area contributed by atoms with Crippen LogP contribution in [0.2, 0.25) is 0 Å². The molecule has 5 nitrogen and oxygen atoms in total. The molecular formula is C15H29NO4. The molecule has 0 rings (SSSR count). The first-order valence-corrected chi connectivity index (χ1v) is 7.58. The predicted octanol–water partition coefficient (Wildman–Crippen LogP) is 2.09. The first-order chi connectivity index (χ1) is 9.66. The van der Waals surface area contributed by atoms with Crippen LogP contribution in [0.4, 0.5) is 0 Å². The van der Waals surface area contributed by atoms with Crippen LogP contribution in [0.15, 0.2) is 0 Å². The first-order valence-electron chi connectivity index (χ1n) is 7.58. The number of nitrogens with one attached hydrogen (secondary N) is 1. The molecule has 20 heavy (non-hydrogen) atoms. The molecule has 0 aliphatic heterocycles. The van der Waals surface area contributed by atoms with Gasteiger partial charge in [0.05, 0.1) is 0 Å². The third kappa shape index (κ3) is 15.1. The van der Waals surface area contributed by atoms with Crippen molar-refractivity contribution in [3.05, 3.63) is 0 Å². The van der Waals surface area contributed by atoms with Gasteiger partial charge in [-0.3, -0.25) is 4.79 Å². The van der Waals surface area contributed by atoms with Gasteiger partial charge in [-0.1, -0.05) is 6.92 Å². The lowest BCUT2D eigenvalue weighted by molar-refractivity contribution is -0.124. The van der Waals surface area contributed by atoms with Gasteiger partial charge in [-0.25, -0.2) is 0 Å². The van der Waals surface area contributed by atoms with Gasteiger partial charge in [-0.05, 0) is 32.6 Å². The summed E-state index contributed by atoms with van der Waals surface area (Å²) in [5.74, 6) is -0.0142. The van der Waals surface area contributed by atoms with Crippen LogP contribution in [0.25, 0.3) is 0 Å². The van der Waals surface area contributed by atoms with E-state index in [0.717, 1.165) is 45.5 Å². The Labute approximate surface area is 122 Å². The van der Waals surface area contributed by atoms with Crippen molar-refractivity contribution in [3.8, 4) is 0 Å². The molecule has 0 fully saturated rings. The quantitative estimate of drug-likeness (QED) is 0.497. The second-order valence-electron chi connectivity index (χ2n) is 4.84. The van der Waals surface area contributed by atoms with Crippen molar-refractivity contribution in [2.45, 2.75) is 52.4 Å². The molecular weight excluding hydrogens is 258 g/mol. The number of Topliss-reactive ketones (excluding diaryl/α,β-unsaturated/α-hetero) is 1. The number of carbonyl (C=O) groups is 2. The van der Waals surface area contributed by atoms with Crippen molar-refractivity contribution in [2.75, 3.05) is 33.0 Å². The van der Waals surface area contributed by atoms with Crippen molar-refractivity contribution in [3.63, 3.8) is 0 Å². The van der Waals surface area contributed by atoms with E-state index in [1.54, 1.807) is 0 Å². The molecule has 1 amide bonds. The monoisotopic (exact) mass is 287 g/mol. The molecule has 0 aliphatic carbocycles. The Bertz CT molecular complexity index is 256. The highest BCUT2D eigenvalue weighted by molar-refractivity contribution is 5.83. The lowest BCUT2D eigenvalue weighted by atomic mass is 10.2. The van der Waals surface area contributed by atoms with Gasteiger partial charge >= 0.3 is 0 Å². The Kier molecular flexibility index (Phi) is 13.8. The molecule has 0 aromatic heterocycles. The fourth-order valence-corrected chi connectivity index (χ4v) is 1.54. The van der Waals surface area contributed by atoms with E-state index in [1.165, 1.54) is 6.92 Å². The van der Waals surface area contributed by atoms with Crippen molar-refractivity contribution in [1.82, 2.24) is 5.32 Å². The fraction of sp³-hybridized carbons (Fsp3) is 0.867. The zero-order chi connectivity index (χ0) is 15.1. The highest BCUT2D eigenvalue weighted by atomic mass is 16.5. The normalized spacial score (nSPS) is 10.5. The molecule has 1 N–H and O–H groups in total. The Hall–Kier alpha value is -0.940. The number of hydrogen-bond donors (Lipinski definition) is 1. The summed E-state index contributed by atoms with van der Waals surface area (Å²) in [7, 11) is 0. The van der Waals surface area contributed by atoms with Gasteiger partial charge in [0, 0.05) is 45.8 Å². The second kappa shape index (κ2) is 14.5. The number of unbranched alkanes of at least 4 members (excludes halogenated alkanes) is 1. The van der Waals surface area contributed by atoms with Crippen molar-refractivity contribution in [1.29, 1.82) is 0 Å². The molecule has 0 radical (unpaired) electrons. The van der Waals surface area contributed by atoms with Crippen molar-refractivity contribution in [2.24, 2.45) is 0 Å². The van der Waals surface area contributed by atoms with Crippen LogP contribution in [-0.2, 0) is 19.1 Å². The van der Waals surface area contributed by atoms with Crippen molar-refractivity contribution < 1.29 is 19.1 Å². The summed E-state index contributed by atoms with van der Waals surface area (Å²) in [5.41, 5.74) is 0. The summed E-state index contributed by atoms with van der Waals surface area (Å²) in [6.45, 7) is 7.25. The van der Waals surface area contributed by atoms with Crippen LogP contribution in [0.3, 0.4) is 0 Å². The van der Waals surface area contributed by atoms with Gasteiger partial charge in [0.25, 0.3) is 0 Å². The summed E-state index contributed by atoms with van der Waals surface area (Å²) < 4.78 is 10.8. The van der Waals surface area contributed by atoms with E-state index in [1.807, 2.05) is 0 Å². The summed E-state index contributed by atoms with van der Waals surface area (Å²) in [5, 5.41) is 2.77. The lowest BCUT2D eigenvalue weighted by Crippen LogP contribution is -2.25. The third-order valence-electron chi connectivity index (χ3n) is 2.67. The Morgan fingerprint density at radius 2 is 1.50 bits per heavy atom. The van der Waals surface area contributed by atoms with E-state index in [2.05, 4.69) is 12.2 Å². The molecule has 0 heterocycles. The topological polar surface area (TPSA) is 64.6 Å². The number of hydrogen-bond acceptors (Lipinski definition) is 4. The Morgan fingerprint density at radius 1 is 0.900 bits per heavy atom. The molecule has 0 aromatic rings. The molecule has 0 aromatic carbocycles. The Morgan fingerprint density at radius 3 is 2.10 bits per heavy atom. The maximum Gasteiger partial charge on any atom is 0.220 e. The molecule has 0 spiro atoms. The van der Waals surface area contributed by atoms with Crippen LogP contribution >= 0.6 is 0 Å². The van der Waals surface area contributed by atoms with Crippen LogP contribution in [0, 0.1) is 0 Å². The van der Waals surface area contributed by atoms with E-state index in [0.29, 0.717) is 19.6 Å². The summed E-state index contributed by atoms with van der Waals surface area (Å²) in [4.78, 5) is 22.0. The zero-order valence-electron chi connectivity index (χ0n) is 12.9. The maximum atomic E-state index is 11.3.